The summed E-state index contributed by atoms with van der Waals surface area (Å²) in [7, 11) is 0. The summed E-state index contributed by atoms with van der Waals surface area (Å²) in [5, 5.41) is 13.1. The normalized spacial score (nSPS) is 12.2. The molecule has 0 saturated heterocycles. The number of hydrogen-bond donors (Lipinski definition) is 2. The first-order chi connectivity index (χ1) is 9.58. The molecule has 106 valence electrons. The number of benzene rings is 1. The number of aromatic nitrogens is 2. The zero-order chi connectivity index (χ0) is 14.5. The summed E-state index contributed by atoms with van der Waals surface area (Å²) in [6, 6.07) is 8.41. The molecule has 0 bridgehead atoms. The summed E-state index contributed by atoms with van der Waals surface area (Å²) in [6.45, 7) is 4.42. The van der Waals surface area contributed by atoms with Gasteiger partial charge in [-0.05, 0) is 25.8 Å². The average molecular weight is 292 g/mol. The molecule has 5 heteroatoms. The van der Waals surface area contributed by atoms with Crippen molar-refractivity contribution in [1.82, 2.24) is 9.97 Å². The van der Waals surface area contributed by atoms with Crippen molar-refractivity contribution in [1.29, 1.82) is 0 Å². The number of rotatable bonds is 5. The molecule has 4 nitrogen and oxygen atoms in total. The molecule has 2 aromatic rings. The minimum Gasteiger partial charge on any atom is -0.387 e. The number of halogens is 1. The van der Waals surface area contributed by atoms with E-state index in [9.17, 15) is 5.11 Å². The van der Waals surface area contributed by atoms with Gasteiger partial charge in [0.15, 0.2) is 0 Å². The molecular formula is C15H18ClN3O. The Balaban J connectivity index is 1.97. The Kier molecular flexibility index (Phi) is 4.93. The summed E-state index contributed by atoms with van der Waals surface area (Å²) < 4.78 is 0. The fraction of sp³-hybridized carbons (Fsp3) is 0.333. The van der Waals surface area contributed by atoms with Crippen LogP contribution >= 0.6 is 11.6 Å². The second-order valence-electron chi connectivity index (χ2n) is 4.76. The average Bonchev–Trinajstić information content (AvgIpc) is 2.42. The smallest absolute Gasteiger partial charge is 0.148 e. The Labute approximate surface area is 123 Å². The van der Waals surface area contributed by atoms with Gasteiger partial charge in [-0.15, -0.1) is 0 Å². The molecule has 0 saturated carbocycles. The maximum Gasteiger partial charge on any atom is 0.148 e. The highest BCUT2D eigenvalue weighted by molar-refractivity contribution is 6.33. The van der Waals surface area contributed by atoms with E-state index in [2.05, 4.69) is 46.5 Å². The number of aryl methyl sites for hydroxylation is 1. The van der Waals surface area contributed by atoms with Gasteiger partial charge in [-0.2, -0.15) is 0 Å². The van der Waals surface area contributed by atoms with Crippen LogP contribution in [0.25, 0.3) is 0 Å². The van der Waals surface area contributed by atoms with E-state index < -0.39 is 6.10 Å². The first-order valence-electron chi connectivity index (χ1n) is 6.56. The fourth-order valence-corrected chi connectivity index (χ4v) is 2.20. The molecule has 1 unspecified atom stereocenters. The maximum absolute atomic E-state index is 9.56. The summed E-state index contributed by atoms with van der Waals surface area (Å²) in [5.41, 5.74) is 2.95. The molecule has 1 atom stereocenters. The second-order valence-corrected chi connectivity index (χ2v) is 5.14. The van der Waals surface area contributed by atoms with Gasteiger partial charge in [-0.1, -0.05) is 41.4 Å². The zero-order valence-corrected chi connectivity index (χ0v) is 12.4. The number of aliphatic hydroxyl groups excluding tert-OH is 1. The van der Waals surface area contributed by atoms with Crippen LogP contribution in [0.5, 0.6) is 0 Å². The van der Waals surface area contributed by atoms with Gasteiger partial charge in [0.25, 0.3) is 0 Å². The Morgan fingerprint density at radius 3 is 2.60 bits per heavy atom. The van der Waals surface area contributed by atoms with Crippen molar-refractivity contribution in [2.24, 2.45) is 0 Å². The molecule has 0 aliphatic heterocycles. The van der Waals surface area contributed by atoms with E-state index in [4.69, 9.17) is 11.6 Å². The molecule has 0 spiro atoms. The molecule has 2 N–H and O–H groups in total. The lowest BCUT2D eigenvalue weighted by Crippen LogP contribution is -2.09. The minimum absolute atomic E-state index is 0.381. The lowest BCUT2D eigenvalue weighted by molar-refractivity contribution is 0.194. The van der Waals surface area contributed by atoms with E-state index in [1.165, 1.54) is 17.5 Å². The van der Waals surface area contributed by atoms with E-state index in [1.807, 2.05) is 0 Å². The number of aliphatic hydroxyl groups is 1. The SMILES string of the molecule is Cc1ccc(CCNc2ncnc(C(C)O)c2Cl)cc1. The van der Waals surface area contributed by atoms with E-state index in [0.29, 0.717) is 16.5 Å². The van der Waals surface area contributed by atoms with Crippen molar-refractivity contribution < 1.29 is 5.11 Å². The number of nitrogens with one attached hydrogen (secondary N) is 1. The standard InChI is InChI=1S/C15H18ClN3O/c1-10-3-5-12(6-4-10)7-8-17-15-13(16)14(11(2)20)18-9-19-15/h3-6,9,11,20H,7-8H2,1-2H3,(H,17,18,19). The van der Waals surface area contributed by atoms with Gasteiger partial charge in [0.2, 0.25) is 0 Å². The molecule has 0 radical (unpaired) electrons. The van der Waals surface area contributed by atoms with Crippen molar-refractivity contribution in [2.75, 3.05) is 11.9 Å². The number of anilines is 1. The molecule has 0 aliphatic rings. The van der Waals surface area contributed by atoms with E-state index in [0.717, 1.165) is 13.0 Å². The predicted molar refractivity (Wildman–Crippen MR) is 81.0 cm³/mol. The van der Waals surface area contributed by atoms with Crippen molar-refractivity contribution in [3.8, 4) is 0 Å². The Hall–Kier alpha value is -1.65. The summed E-state index contributed by atoms with van der Waals surface area (Å²) in [6.07, 6.45) is 1.58. The van der Waals surface area contributed by atoms with Crippen molar-refractivity contribution in [2.45, 2.75) is 26.4 Å². The van der Waals surface area contributed by atoms with Gasteiger partial charge in [-0.3, -0.25) is 0 Å². The van der Waals surface area contributed by atoms with Crippen LogP contribution in [-0.4, -0.2) is 21.6 Å². The molecule has 20 heavy (non-hydrogen) atoms. The third kappa shape index (κ3) is 3.68. The topological polar surface area (TPSA) is 58.0 Å². The Morgan fingerprint density at radius 1 is 1.25 bits per heavy atom. The number of hydrogen-bond acceptors (Lipinski definition) is 4. The molecule has 1 aromatic heterocycles. The van der Waals surface area contributed by atoms with Gasteiger partial charge >= 0.3 is 0 Å². The zero-order valence-electron chi connectivity index (χ0n) is 11.6. The second kappa shape index (κ2) is 6.68. The quantitative estimate of drug-likeness (QED) is 0.888. The summed E-state index contributed by atoms with van der Waals surface area (Å²) >= 11 is 6.16. The van der Waals surface area contributed by atoms with Crippen molar-refractivity contribution >= 4 is 17.4 Å². The molecule has 1 aromatic carbocycles. The van der Waals surface area contributed by atoms with Crippen LogP contribution in [0.15, 0.2) is 30.6 Å². The molecule has 0 fully saturated rings. The predicted octanol–water partition coefficient (Wildman–Crippen LogP) is 3.15. The van der Waals surface area contributed by atoms with Crippen LogP contribution in [-0.2, 0) is 6.42 Å². The highest BCUT2D eigenvalue weighted by Crippen LogP contribution is 2.26. The lowest BCUT2D eigenvalue weighted by Gasteiger charge is -2.11. The van der Waals surface area contributed by atoms with Gasteiger partial charge in [0, 0.05) is 6.54 Å². The third-order valence-electron chi connectivity index (χ3n) is 3.04. The first kappa shape index (κ1) is 14.8. The van der Waals surface area contributed by atoms with Gasteiger partial charge in [0.1, 0.15) is 17.2 Å². The van der Waals surface area contributed by atoms with Crippen LogP contribution < -0.4 is 5.32 Å². The molecule has 2 rings (SSSR count). The molecular weight excluding hydrogens is 274 g/mol. The highest BCUT2D eigenvalue weighted by Gasteiger charge is 2.12. The molecule has 0 amide bonds. The number of nitrogens with zero attached hydrogens (tertiary/aromatic N) is 2. The monoisotopic (exact) mass is 291 g/mol. The van der Waals surface area contributed by atoms with Crippen molar-refractivity contribution in [3.63, 3.8) is 0 Å². The first-order valence-corrected chi connectivity index (χ1v) is 6.93. The van der Waals surface area contributed by atoms with Crippen LogP contribution in [0.2, 0.25) is 5.02 Å². The Morgan fingerprint density at radius 2 is 1.95 bits per heavy atom. The van der Waals surface area contributed by atoms with Crippen LogP contribution in [0, 0.1) is 6.92 Å². The van der Waals surface area contributed by atoms with Crippen LogP contribution in [0.3, 0.4) is 0 Å². The summed E-state index contributed by atoms with van der Waals surface area (Å²) in [5.74, 6) is 0.560. The maximum atomic E-state index is 9.56. The Bertz CT molecular complexity index is 570. The third-order valence-corrected chi connectivity index (χ3v) is 3.41. The largest absolute Gasteiger partial charge is 0.387 e. The minimum atomic E-state index is -0.705. The highest BCUT2D eigenvalue weighted by atomic mass is 35.5. The van der Waals surface area contributed by atoms with Crippen LogP contribution in [0.4, 0.5) is 5.82 Å². The molecule has 0 aliphatic carbocycles. The van der Waals surface area contributed by atoms with Gasteiger partial charge < -0.3 is 10.4 Å². The summed E-state index contributed by atoms with van der Waals surface area (Å²) in [4.78, 5) is 8.08. The van der Waals surface area contributed by atoms with Crippen molar-refractivity contribution in [3.05, 3.63) is 52.4 Å². The van der Waals surface area contributed by atoms with Gasteiger partial charge in [-0.25, -0.2) is 9.97 Å². The van der Waals surface area contributed by atoms with Crippen LogP contribution in [0.1, 0.15) is 29.8 Å². The lowest BCUT2D eigenvalue weighted by atomic mass is 10.1. The van der Waals surface area contributed by atoms with Gasteiger partial charge in [0.05, 0.1) is 11.8 Å². The van der Waals surface area contributed by atoms with E-state index in [-0.39, 0.29) is 0 Å². The van der Waals surface area contributed by atoms with E-state index >= 15 is 0 Å². The van der Waals surface area contributed by atoms with E-state index in [1.54, 1.807) is 6.92 Å². The fourth-order valence-electron chi connectivity index (χ4n) is 1.88. The molecule has 1 heterocycles.